The minimum Gasteiger partial charge on any atom is -0.330 e. The number of nitrogens with two attached hydrogens (primary N) is 1. The molecule has 4 N–H and O–H groups in total. The van der Waals surface area contributed by atoms with Crippen molar-refractivity contribution in [1.82, 2.24) is 5.48 Å². The zero-order chi connectivity index (χ0) is 7.11. The summed E-state index contributed by atoms with van der Waals surface area (Å²) in [5.74, 6) is 0. The quantitative estimate of drug-likeness (QED) is 0.377. The number of nitrogens with one attached hydrogen (secondary N) is 1. The van der Waals surface area contributed by atoms with Crippen molar-refractivity contribution in [3.8, 4) is 0 Å². The van der Waals surface area contributed by atoms with E-state index in [1.165, 1.54) is 0 Å². The molecular weight excluding hydrogens is 116 g/mol. The average molecular weight is 132 g/mol. The molecule has 0 aromatic rings. The van der Waals surface area contributed by atoms with E-state index >= 15 is 0 Å². The van der Waals surface area contributed by atoms with Crippen molar-refractivity contribution in [2.75, 3.05) is 6.54 Å². The molecule has 0 bridgehead atoms. The maximum absolute atomic E-state index is 8.35. The zero-order valence-electron chi connectivity index (χ0n) is 5.93. The summed E-state index contributed by atoms with van der Waals surface area (Å²) in [6, 6.07) is 0.205. The Labute approximate surface area is 56.2 Å². The predicted octanol–water partition coefficient (Wildman–Crippen LogP) is 0.483. The second kappa shape index (κ2) is 6.01. The summed E-state index contributed by atoms with van der Waals surface area (Å²) in [6.45, 7) is 2.69. The lowest BCUT2D eigenvalue weighted by Gasteiger charge is -2.06. The summed E-state index contributed by atoms with van der Waals surface area (Å²) >= 11 is 0. The SMILES string of the molecule is CC(CCCCN)NO. The molecule has 0 rings (SSSR count). The van der Waals surface area contributed by atoms with Gasteiger partial charge in [-0.25, -0.2) is 5.48 Å². The standard InChI is InChI=1S/C6H16N2O/c1-6(8-9)4-2-3-5-7/h6,8-9H,2-5,7H2,1H3. The molecule has 0 heterocycles. The molecule has 3 heteroatoms. The van der Waals surface area contributed by atoms with E-state index in [-0.39, 0.29) is 6.04 Å². The molecule has 0 aromatic carbocycles. The van der Waals surface area contributed by atoms with Crippen molar-refractivity contribution in [2.45, 2.75) is 32.2 Å². The van der Waals surface area contributed by atoms with E-state index in [1.54, 1.807) is 0 Å². The Balaban J connectivity index is 2.88. The highest BCUT2D eigenvalue weighted by Crippen LogP contribution is 1.97. The Morgan fingerprint density at radius 1 is 1.56 bits per heavy atom. The number of unbranched alkanes of at least 4 members (excludes halogenated alkanes) is 1. The van der Waals surface area contributed by atoms with Crippen LogP contribution in [0.5, 0.6) is 0 Å². The normalized spacial score (nSPS) is 13.7. The summed E-state index contributed by atoms with van der Waals surface area (Å²) in [5.41, 5.74) is 7.46. The molecule has 0 saturated carbocycles. The minimum atomic E-state index is 0.205. The Morgan fingerprint density at radius 3 is 2.67 bits per heavy atom. The minimum absolute atomic E-state index is 0.205. The number of hydrogen-bond donors (Lipinski definition) is 3. The van der Waals surface area contributed by atoms with Gasteiger partial charge in [-0.05, 0) is 26.3 Å². The van der Waals surface area contributed by atoms with Gasteiger partial charge in [0.25, 0.3) is 0 Å². The van der Waals surface area contributed by atoms with E-state index < -0.39 is 0 Å². The average Bonchev–Trinajstić information content (AvgIpc) is 1.89. The van der Waals surface area contributed by atoms with Crippen LogP contribution >= 0.6 is 0 Å². The summed E-state index contributed by atoms with van der Waals surface area (Å²) in [4.78, 5) is 0. The first-order chi connectivity index (χ1) is 4.31. The van der Waals surface area contributed by atoms with Crippen molar-refractivity contribution in [1.29, 1.82) is 0 Å². The van der Waals surface area contributed by atoms with Gasteiger partial charge >= 0.3 is 0 Å². The van der Waals surface area contributed by atoms with E-state index in [0.29, 0.717) is 0 Å². The van der Waals surface area contributed by atoms with Gasteiger partial charge in [-0.1, -0.05) is 6.42 Å². The van der Waals surface area contributed by atoms with E-state index in [2.05, 4.69) is 5.48 Å². The first kappa shape index (κ1) is 8.88. The van der Waals surface area contributed by atoms with Gasteiger partial charge in [0.2, 0.25) is 0 Å². The fraction of sp³-hybridized carbons (Fsp3) is 1.00. The van der Waals surface area contributed by atoms with Crippen molar-refractivity contribution in [3.05, 3.63) is 0 Å². The molecule has 0 fully saturated rings. The second-order valence-corrected chi connectivity index (χ2v) is 2.31. The monoisotopic (exact) mass is 132 g/mol. The van der Waals surface area contributed by atoms with Crippen LogP contribution in [0.1, 0.15) is 26.2 Å². The molecule has 0 radical (unpaired) electrons. The van der Waals surface area contributed by atoms with Crippen molar-refractivity contribution < 1.29 is 5.21 Å². The Bertz CT molecular complexity index is 59.0. The van der Waals surface area contributed by atoms with Gasteiger partial charge in [-0.15, -0.1) is 0 Å². The summed E-state index contributed by atoms with van der Waals surface area (Å²) in [5, 5.41) is 8.35. The van der Waals surface area contributed by atoms with E-state index in [4.69, 9.17) is 10.9 Å². The third-order valence-corrected chi connectivity index (χ3v) is 1.31. The maximum Gasteiger partial charge on any atom is 0.0291 e. The number of rotatable bonds is 5. The van der Waals surface area contributed by atoms with Crippen molar-refractivity contribution in [3.63, 3.8) is 0 Å². The predicted molar refractivity (Wildman–Crippen MR) is 37.3 cm³/mol. The Morgan fingerprint density at radius 2 is 2.22 bits per heavy atom. The highest BCUT2D eigenvalue weighted by atomic mass is 16.5. The van der Waals surface area contributed by atoms with Gasteiger partial charge in [0.15, 0.2) is 0 Å². The third kappa shape index (κ3) is 5.76. The fourth-order valence-corrected chi connectivity index (χ4v) is 0.659. The number of hydroxylamine groups is 1. The lowest BCUT2D eigenvalue weighted by Crippen LogP contribution is -2.21. The topological polar surface area (TPSA) is 58.3 Å². The molecular formula is C6H16N2O. The molecule has 1 atom stereocenters. The summed E-state index contributed by atoms with van der Waals surface area (Å²) in [6.07, 6.45) is 3.13. The van der Waals surface area contributed by atoms with Gasteiger partial charge in [0.05, 0.1) is 0 Å². The fourth-order valence-electron chi connectivity index (χ4n) is 0.659. The Hall–Kier alpha value is -0.120. The molecule has 0 aliphatic carbocycles. The molecule has 1 unspecified atom stereocenters. The zero-order valence-corrected chi connectivity index (χ0v) is 5.93. The van der Waals surface area contributed by atoms with Crippen LogP contribution in [0.4, 0.5) is 0 Å². The number of hydrogen-bond acceptors (Lipinski definition) is 3. The highest BCUT2D eigenvalue weighted by molar-refractivity contribution is 4.53. The molecule has 0 aliphatic rings. The highest BCUT2D eigenvalue weighted by Gasteiger charge is 1.96. The van der Waals surface area contributed by atoms with Crippen LogP contribution < -0.4 is 11.2 Å². The molecule has 3 nitrogen and oxygen atoms in total. The van der Waals surface area contributed by atoms with Gasteiger partial charge in [0.1, 0.15) is 0 Å². The molecule has 56 valence electrons. The van der Waals surface area contributed by atoms with Gasteiger partial charge in [-0.2, -0.15) is 0 Å². The van der Waals surface area contributed by atoms with Crippen molar-refractivity contribution in [2.24, 2.45) is 5.73 Å². The molecule has 0 aromatic heterocycles. The van der Waals surface area contributed by atoms with Gasteiger partial charge in [-0.3, -0.25) is 0 Å². The van der Waals surface area contributed by atoms with Crippen LogP contribution in [0.25, 0.3) is 0 Å². The van der Waals surface area contributed by atoms with Crippen LogP contribution in [-0.2, 0) is 0 Å². The third-order valence-electron chi connectivity index (χ3n) is 1.31. The lowest BCUT2D eigenvalue weighted by atomic mass is 10.1. The summed E-state index contributed by atoms with van der Waals surface area (Å²) in [7, 11) is 0. The van der Waals surface area contributed by atoms with Crippen LogP contribution in [0.2, 0.25) is 0 Å². The van der Waals surface area contributed by atoms with Crippen LogP contribution in [0, 0.1) is 0 Å². The maximum atomic E-state index is 8.35. The first-order valence-electron chi connectivity index (χ1n) is 3.41. The molecule has 0 spiro atoms. The second-order valence-electron chi connectivity index (χ2n) is 2.31. The van der Waals surface area contributed by atoms with Gasteiger partial charge in [0, 0.05) is 6.04 Å². The van der Waals surface area contributed by atoms with Gasteiger partial charge < -0.3 is 10.9 Å². The van der Waals surface area contributed by atoms with E-state index in [9.17, 15) is 0 Å². The lowest BCUT2D eigenvalue weighted by molar-refractivity contribution is 0.128. The molecule has 0 amide bonds. The van der Waals surface area contributed by atoms with Crippen LogP contribution in [-0.4, -0.2) is 17.8 Å². The van der Waals surface area contributed by atoms with Crippen molar-refractivity contribution >= 4 is 0 Å². The first-order valence-corrected chi connectivity index (χ1v) is 3.41. The van der Waals surface area contributed by atoms with Crippen LogP contribution in [0.3, 0.4) is 0 Å². The summed E-state index contributed by atoms with van der Waals surface area (Å²) < 4.78 is 0. The van der Waals surface area contributed by atoms with Crippen LogP contribution in [0.15, 0.2) is 0 Å². The molecule has 9 heavy (non-hydrogen) atoms. The largest absolute Gasteiger partial charge is 0.330 e. The smallest absolute Gasteiger partial charge is 0.0291 e. The Kier molecular flexibility index (Phi) is 5.93. The van der Waals surface area contributed by atoms with E-state index in [1.807, 2.05) is 6.92 Å². The molecule has 0 aliphatic heterocycles. The molecule has 0 saturated heterocycles. The van der Waals surface area contributed by atoms with E-state index in [0.717, 1.165) is 25.8 Å².